The lowest BCUT2D eigenvalue weighted by Crippen LogP contribution is -2.47. The molecule has 0 aromatic carbocycles. The summed E-state index contributed by atoms with van der Waals surface area (Å²) in [4.78, 5) is 0. The monoisotopic (exact) mass is 242 g/mol. The SMILES string of the molecule is CCC1(CO)CC2(C=CC3(C=CCC=C3)C=C2)C1. The summed E-state index contributed by atoms with van der Waals surface area (Å²) in [7, 11) is 0. The van der Waals surface area contributed by atoms with E-state index in [9.17, 15) is 5.11 Å². The van der Waals surface area contributed by atoms with Gasteiger partial charge in [0.25, 0.3) is 0 Å². The van der Waals surface area contributed by atoms with Crippen molar-refractivity contribution in [2.75, 3.05) is 6.61 Å². The molecule has 0 aromatic heterocycles. The summed E-state index contributed by atoms with van der Waals surface area (Å²) in [5.41, 5.74) is 0.438. The van der Waals surface area contributed by atoms with Gasteiger partial charge < -0.3 is 5.11 Å². The molecule has 96 valence electrons. The molecule has 0 unspecified atom stereocenters. The van der Waals surface area contributed by atoms with Crippen molar-refractivity contribution in [2.24, 2.45) is 16.2 Å². The zero-order chi connectivity index (χ0) is 12.7. The van der Waals surface area contributed by atoms with Gasteiger partial charge in [-0.1, -0.05) is 55.5 Å². The topological polar surface area (TPSA) is 20.2 Å². The van der Waals surface area contributed by atoms with Gasteiger partial charge in [0, 0.05) is 17.4 Å². The van der Waals surface area contributed by atoms with E-state index in [1.807, 2.05) is 0 Å². The van der Waals surface area contributed by atoms with Gasteiger partial charge in [-0.15, -0.1) is 0 Å². The van der Waals surface area contributed by atoms with Gasteiger partial charge in [-0.05, 0) is 31.1 Å². The summed E-state index contributed by atoms with van der Waals surface area (Å²) >= 11 is 0. The largest absolute Gasteiger partial charge is 0.396 e. The first-order valence-electron chi connectivity index (χ1n) is 7.03. The first-order chi connectivity index (χ1) is 8.66. The fraction of sp³-hybridized carbons (Fsp3) is 0.529. The molecule has 0 saturated heterocycles. The molecule has 0 bridgehead atoms. The Morgan fingerprint density at radius 3 is 2.06 bits per heavy atom. The molecule has 1 heteroatoms. The van der Waals surface area contributed by atoms with Gasteiger partial charge in [0.15, 0.2) is 0 Å². The molecule has 3 rings (SSSR count). The zero-order valence-electron chi connectivity index (χ0n) is 11.1. The lowest BCUT2D eigenvalue weighted by Gasteiger charge is -2.54. The molecule has 3 aliphatic rings. The van der Waals surface area contributed by atoms with Gasteiger partial charge in [0.2, 0.25) is 0 Å². The van der Waals surface area contributed by atoms with E-state index in [4.69, 9.17) is 0 Å². The van der Waals surface area contributed by atoms with Crippen molar-refractivity contribution in [1.82, 2.24) is 0 Å². The molecular weight excluding hydrogens is 220 g/mol. The van der Waals surface area contributed by atoms with Crippen molar-refractivity contribution in [3.05, 3.63) is 48.6 Å². The molecule has 1 N–H and O–H groups in total. The Morgan fingerprint density at radius 1 is 0.944 bits per heavy atom. The second-order valence-corrected chi connectivity index (χ2v) is 6.31. The Hall–Kier alpha value is -1.08. The van der Waals surface area contributed by atoms with Gasteiger partial charge in [-0.3, -0.25) is 0 Å². The van der Waals surface area contributed by atoms with Gasteiger partial charge in [-0.2, -0.15) is 0 Å². The van der Waals surface area contributed by atoms with E-state index in [-0.39, 0.29) is 16.2 Å². The number of aliphatic hydroxyl groups excluding tert-OH is 1. The summed E-state index contributed by atoms with van der Waals surface area (Å²) in [5, 5.41) is 9.52. The third-order valence-electron chi connectivity index (χ3n) is 4.99. The van der Waals surface area contributed by atoms with Crippen molar-refractivity contribution in [2.45, 2.75) is 32.6 Å². The van der Waals surface area contributed by atoms with E-state index in [0.717, 1.165) is 25.7 Å². The van der Waals surface area contributed by atoms with Crippen LogP contribution in [0.2, 0.25) is 0 Å². The van der Waals surface area contributed by atoms with Crippen molar-refractivity contribution in [3.63, 3.8) is 0 Å². The Kier molecular flexibility index (Phi) is 2.63. The minimum atomic E-state index is 0.0349. The van der Waals surface area contributed by atoms with Crippen LogP contribution in [-0.2, 0) is 0 Å². The maximum Gasteiger partial charge on any atom is 0.0488 e. The number of allylic oxidation sites excluding steroid dienone is 8. The van der Waals surface area contributed by atoms with E-state index in [1.54, 1.807) is 0 Å². The molecule has 0 aromatic rings. The minimum absolute atomic E-state index is 0.0349. The predicted molar refractivity (Wildman–Crippen MR) is 75.1 cm³/mol. The number of hydrogen-bond acceptors (Lipinski definition) is 1. The van der Waals surface area contributed by atoms with E-state index in [0.29, 0.717) is 6.61 Å². The van der Waals surface area contributed by atoms with E-state index >= 15 is 0 Å². The quantitative estimate of drug-likeness (QED) is 0.731. The van der Waals surface area contributed by atoms with E-state index < -0.39 is 0 Å². The van der Waals surface area contributed by atoms with Crippen LogP contribution in [0.25, 0.3) is 0 Å². The molecule has 1 fully saturated rings. The smallest absolute Gasteiger partial charge is 0.0488 e. The fourth-order valence-corrected chi connectivity index (χ4v) is 3.69. The van der Waals surface area contributed by atoms with Crippen LogP contribution in [-0.4, -0.2) is 11.7 Å². The molecule has 1 saturated carbocycles. The Balaban J connectivity index is 1.76. The van der Waals surface area contributed by atoms with Crippen LogP contribution in [0.1, 0.15) is 32.6 Å². The van der Waals surface area contributed by atoms with Crippen LogP contribution in [0.3, 0.4) is 0 Å². The summed E-state index contributed by atoms with van der Waals surface area (Å²) in [6.45, 7) is 2.52. The van der Waals surface area contributed by atoms with Gasteiger partial charge in [0.1, 0.15) is 0 Å². The molecule has 0 radical (unpaired) electrons. The molecule has 3 aliphatic carbocycles. The third kappa shape index (κ3) is 1.73. The highest BCUT2D eigenvalue weighted by Crippen LogP contribution is 2.59. The molecule has 18 heavy (non-hydrogen) atoms. The highest BCUT2D eigenvalue weighted by Gasteiger charge is 2.51. The van der Waals surface area contributed by atoms with E-state index in [1.165, 1.54) is 0 Å². The summed E-state index contributed by atoms with van der Waals surface area (Å²) < 4.78 is 0. The normalized spacial score (nSPS) is 28.8. The lowest BCUT2D eigenvalue weighted by atomic mass is 9.50. The summed E-state index contributed by atoms with van der Waals surface area (Å²) in [6, 6.07) is 0. The third-order valence-corrected chi connectivity index (χ3v) is 4.99. The van der Waals surface area contributed by atoms with Crippen LogP contribution in [0.15, 0.2) is 48.6 Å². The molecule has 0 aliphatic heterocycles. The van der Waals surface area contributed by atoms with Crippen LogP contribution >= 0.6 is 0 Å². The predicted octanol–water partition coefficient (Wildman–Crippen LogP) is 3.78. The highest BCUT2D eigenvalue weighted by atomic mass is 16.3. The average Bonchev–Trinajstić information content (AvgIpc) is 2.39. The number of rotatable bonds is 2. The van der Waals surface area contributed by atoms with Crippen molar-refractivity contribution in [1.29, 1.82) is 0 Å². The second-order valence-electron chi connectivity index (χ2n) is 6.31. The fourth-order valence-electron chi connectivity index (χ4n) is 3.69. The first kappa shape index (κ1) is 12.0. The molecular formula is C17H22O. The van der Waals surface area contributed by atoms with Crippen molar-refractivity contribution in [3.8, 4) is 0 Å². The maximum absolute atomic E-state index is 9.52. The maximum atomic E-state index is 9.52. The van der Waals surface area contributed by atoms with Gasteiger partial charge >= 0.3 is 0 Å². The van der Waals surface area contributed by atoms with Crippen LogP contribution in [0.5, 0.6) is 0 Å². The zero-order valence-corrected chi connectivity index (χ0v) is 11.1. The number of hydrogen-bond donors (Lipinski definition) is 1. The van der Waals surface area contributed by atoms with Gasteiger partial charge in [-0.25, -0.2) is 0 Å². The molecule has 0 amide bonds. The van der Waals surface area contributed by atoms with Crippen LogP contribution in [0, 0.1) is 16.2 Å². The molecule has 0 heterocycles. The standard InChI is InChI=1S/C17H22O/c1-2-15(14-18)12-17(13-15)10-8-16(9-11-17)6-4-3-5-7-16/h4-11,18H,2-3,12-14H2,1H3. The minimum Gasteiger partial charge on any atom is -0.396 e. The Bertz CT molecular complexity index is 408. The molecule has 0 atom stereocenters. The van der Waals surface area contributed by atoms with Crippen molar-refractivity contribution < 1.29 is 5.11 Å². The summed E-state index contributed by atoms with van der Waals surface area (Å²) in [5.74, 6) is 0. The number of aliphatic hydroxyl groups is 1. The van der Waals surface area contributed by atoms with Crippen LogP contribution in [0.4, 0.5) is 0 Å². The molecule has 1 nitrogen and oxygen atoms in total. The highest BCUT2D eigenvalue weighted by molar-refractivity contribution is 5.40. The van der Waals surface area contributed by atoms with Crippen molar-refractivity contribution >= 4 is 0 Å². The average molecular weight is 242 g/mol. The lowest BCUT2D eigenvalue weighted by molar-refractivity contribution is -0.0273. The van der Waals surface area contributed by atoms with Crippen LogP contribution < -0.4 is 0 Å². The Morgan fingerprint density at radius 2 is 1.56 bits per heavy atom. The first-order valence-corrected chi connectivity index (χ1v) is 7.03. The Labute approximate surface area is 110 Å². The molecule has 2 spiro atoms. The summed E-state index contributed by atoms with van der Waals surface area (Å²) in [6.07, 6.45) is 22.8. The van der Waals surface area contributed by atoms with E-state index in [2.05, 4.69) is 55.5 Å². The van der Waals surface area contributed by atoms with Gasteiger partial charge in [0.05, 0.1) is 0 Å². The second kappa shape index (κ2) is 3.96.